The largest absolute Gasteiger partial charge is 0.549 e. The molecule has 0 spiro atoms. The van der Waals surface area contributed by atoms with Gasteiger partial charge in [-0.1, -0.05) is 42.5 Å². The molecule has 0 fully saturated rings. The average Bonchev–Trinajstić information content (AvgIpc) is 2.15. The highest BCUT2D eigenvalue weighted by Crippen LogP contribution is 2.12. The molecule has 0 bridgehead atoms. The van der Waals surface area contributed by atoms with E-state index in [2.05, 4.69) is 0 Å². The van der Waals surface area contributed by atoms with Crippen LogP contribution < -0.4 is 5.11 Å². The van der Waals surface area contributed by atoms with Crippen LogP contribution in [0.1, 0.15) is 5.56 Å². The quantitative estimate of drug-likeness (QED) is 0.695. The van der Waals surface area contributed by atoms with Gasteiger partial charge in [-0.25, -0.2) is 0 Å². The number of carbonyl (C=O) groups is 1. The van der Waals surface area contributed by atoms with Crippen molar-refractivity contribution in [3.63, 3.8) is 0 Å². The van der Waals surface area contributed by atoms with Crippen LogP contribution >= 0.6 is 24.0 Å². The van der Waals surface area contributed by atoms with Crippen molar-refractivity contribution in [3.05, 3.63) is 35.9 Å². The van der Waals surface area contributed by atoms with E-state index in [9.17, 15) is 9.90 Å². The van der Waals surface area contributed by atoms with Crippen molar-refractivity contribution in [1.29, 1.82) is 0 Å². The number of aliphatic carboxylic acids is 1. The maximum Gasteiger partial charge on any atom is 0.0781 e. The normalized spacial score (nSPS) is 9.54. The predicted octanol–water partition coefficient (Wildman–Crippen LogP) is 0.845. The van der Waals surface area contributed by atoms with E-state index in [1.165, 1.54) is 0 Å². The van der Waals surface area contributed by atoms with Crippen LogP contribution in [0.4, 0.5) is 0 Å². The van der Waals surface area contributed by atoms with E-state index in [-0.39, 0.29) is 5.75 Å². The van der Waals surface area contributed by atoms with Gasteiger partial charge in [0.1, 0.15) is 0 Å². The van der Waals surface area contributed by atoms with Gasteiger partial charge in [0.15, 0.2) is 0 Å². The zero-order chi connectivity index (χ0) is 9.68. The van der Waals surface area contributed by atoms with E-state index >= 15 is 0 Å². The monoisotopic (exact) mass is 211 g/mol. The summed E-state index contributed by atoms with van der Waals surface area (Å²) in [7, 11) is 0. The molecule has 1 rings (SSSR count). The van der Waals surface area contributed by atoms with Crippen LogP contribution in [0.3, 0.4) is 0 Å². The Balaban J connectivity index is 2.54. The van der Waals surface area contributed by atoms with Gasteiger partial charge in [0, 0.05) is 5.75 Å². The van der Waals surface area contributed by atoms with E-state index in [1.54, 1.807) is 0 Å². The van der Waals surface area contributed by atoms with Crippen molar-refractivity contribution in [2.24, 2.45) is 0 Å². The average molecular weight is 211 g/mol. The molecule has 0 aromatic heterocycles. The smallest absolute Gasteiger partial charge is 0.0781 e. The Morgan fingerprint density at radius 3 is 2.54 bits per heavy atom. The number of rotatable bonds is 3. The lowest BCUT2D eigenvalue weighted by Crippen LogP contribution is -2.24. The highest BCUT2D eigenvalue weighted by atomic mass is 32.2. The van der Waals surface area contributed by atoms with Crippen molar-refractivity contribution in [3.8, 4) is 0 Å². The van der Waals surface area contributed by atoms with Crippen molar-refractivity contribution < 1.29 is 9.90 Å². The zero-order valence-corrected chi connectivity index (χ0v) is 8.36. The number of hydrogen-bond acceptors (Lipinski definition) is 4. The SMILES string of the molecule is O=C([O-])CSC(=S)c1ccccc1. The summed E-state index contributed by atoms with van der Waals surface area (Å²) in [5.41, 5.74) is 0.878. The van der Waals surface area contributed by atoms with Gasteiger partial charge >= 0.3 is 0 Å². The van der Waals surface area contributed by atoms with Gasteiger partial charge in [-0.15, -0.1) is 11.8 Å². The molecule has 2 nitrogen and oxygen atoms in total. The maximum atomic E-state index is 10.1. The number of hydrogen-bond donors (Lipinski definition) is 0. The molecule has 0 radical (unpaired) electrons. The molecule has 0 aliphatic heterocycles. The molecule has 0 aliphatic rings. The standard InChI is InChI=1S/C9H8O2S2/c10-8(11)6-13-9(12)7-4-2-1-3-5-7/h1-5H,6H2,(H,10,11)/p-1. The second-order valence-corrected chi connectivity index (χ2v) is 3.97. The Labute approximate surface area is 86.0 Å². The summed E-state index contributed by atoms with van der Waals surface area (Å²) >= 11 is 6.12. The Hall–Kier alpha value is -0.870. The minimum absolute atomic E-state index is 0.0896. The van der Waals surface area contributed by atoms with Crippen molar-refractivity contribution in [1.82, 2.24) is 0 Å². The highest BCUT2D eigenvalue weighted by molar-refractivity contribution is 8.24. The molecule has 0 aliphatic carbocycles. The summed E-state index contributed by atoms with van der Waals surface area (Å²) in [5.74, 6) is -1.18. The summed E-state index contributed by atoms with van der Waals surface area (Å²) in [6, 6.07) is 9.31. The van der Waals surface area contributed by atoms with Crippen LogP contribution in [-0.2, 0) is 4.79 Å². The Morgan fingerprint density at radius 1 is 1.38 bits per heavy atom. The lowest BCUT2D eigenvalue weighted by molar-refractivity contribution is -0.301. The summed E-state index contributed by atoms with van der Waals surface area (Å²) in [4.78, 5) is 10.1. The summed E-state index contributed by atoms with van der Waals surface area (Å²) in [6.07, 6.45) is 0. The van der Waals surface area contributed by atoms with E-state index < -0.39 is 5.97 Å². The fourth-order valence-corrected chi connectivity index (χ4v) is 1.65. The van der Waals surface area contributed by atoms with Gasteiger partial charge in [-0.3, -0.25) is 0 Å². The predicted molar refractivity (Wildman–Crippen MR) is 55.6 cm³/mol. The highest BCUT2D eigenvalue weighted by Gasteiger charge is 2.00. The van der Waals surface area contributed by atoms with Crippen LogP contribution in [-0.4, -0.2) is 15.9 Å². The van der Waals surface area contributed by atoms with E-state index in [0.717, 1.165) is 17.3 Å². The Bertz CT molecular complexity index is 309. The number of carboxylic acid groups (broad SMARTS) is 1. The lowest BCUT2D eigenvalue weighted by Gasteiger charge is -2.03. The minimum atomic E-state index is -1.09. The van der Waals surface area contributed by atoms with E-state index in [0.29, 0.717) is 4.20 Å². The van der Waals surface area contributed by atoms with Crippen LogP contribution in [0.25, 0.3) is 0 Å². The first-order valence-corrected chi connectivity index (χ1v) is 5.01. The third-order valence-corrected chi connectivity index (χ3v) is 2.80. The third-order valence-electron chi connectivity index (χ3n) is 1.33. The molecular weight excluding hydrogens is 204 g/mol. The molecule has 68 valence electrons. The van der Waals surface area contributed by atoms with Gasteiger partial charge in [-0.05, 0) is 5.56 Å². The van der Waals surface area contributed by atoms with E-state index in [1.807, 2.05) is 30.3 Å². The molecule has 13 heavy (non-hydrogen) atoms. The fourth-order valence-electron chi connectivity index (χ4n) is 0.782. The van der Waals surface area contributed by atoms with Crippen LogP contribution in [0.15, 0.2) is 30.3 Å². The molecule has 0 amide bonds. The first kappa shape index (κ1) is 10.2. The fraction of sp³-hybridized carbons (Fsp3) is 0.111. The Morgan fingerprint density at radius 2 is 2.00 bits per heavy atom. The van der Waals surface area contributed by atoms with Crippen molar-refractivity contribution in [2.75, 3.05) is 5.75 Å². The number of benzene rings is 1. The summed E-state index contributed by atoms with van der Waals surface area (Å²) < 4.78 is 0.588. The summed E-state index contributed by atoms with van der Waals surface area (Å²) in [5, 5.41) is 10.1. The third kappa shape index (κ3) is 3.57. The van der Waals surface area contributed by atoms with Crippen LogP contribution in [0.2, 0.25) is 0 Å². The van der Waals surface area contributed by atoms with Gasteiger partial charge in [-0.2, -0.15) is 0 Å². The van der Waals surface area contributed by atoms with Gasteiger partial charge < -0.3 is 9.90 Å². The van der Waals surface area contributed by atoms with Gasteiger partial charge in [0.2, 0.25) is 0 Å². The lowest BCUT2D eigenvalue weighted by atomic mass is 10.2. The molecule has 0 saturated carbocycles. The molecule has 4 heteroatoms. The first-order chi connectivity index (χ1) is 6.20. The van der Waals surface area contributed by atoms with E-state index in [4.69, 9.17) is 12.2 Å². The maximum absolute atomic E-state index is 10.1. The molecule has 0 heterocycles. The van der Waals surface area contributed by atoms with Gasteiger partial charge in [0.25, 0.3) is 0 Å². The van der Waals surface area contributed by atoms with Crippen LogP contribution in [0, 0.1) is 0 Å². The Kier molecular flexibility index (Phi) is 3.92. The molecular formula is C9H7O2S2-. The summed E-state index contributed by atoms with van der Waals surface area (Å²) in [6.45, 7) is 0. The molecule has 0 N–H and O–H groups in total. The molecule has 0 saturated heterocycles. The molecule has 1 aromatic rings. The number of thiocarbonyl (C=S) groups is 1. The zero-order valence-electron chi connectivity index (χ0n) is 6.73. The number of carboxylic acids is 1. The number of thioether (sulfide) groups is 1. The molecule has 1 aromatic carbocycles. The second kappa shape index (κ2) is 4.99. The topological polar surface area (TPSA) is 40.1 Å². The van der Waals surface area contributed by atoms with Gasteiger partial charge in [0.05, 0.1) is 10.2 Å². The van der Waals surface area contributed by atoms with Crippen molar-refractivity contribution in [2.45, 2.75) is 0 Å². The van der Waals surface area contributed by atoms with Crippen LogP contribution in [0.5, 0.6) is 0 Å². The molecule has 0 atom stereocenters. The second-order valence-electron chi connectivity index (χ2n) is 2.31. The first-order valence-electron chi connectivity index (χ1n) is 3.62. The molecule has 0 unspecified atom stereocenters. The van der Waals surface area contributed by atoms with Crippen molar-refractivity contribution >= 4 is 34.1 Å². The number of carbonyl (C=O) groups excluding carboxylic acids is 1. The minimum Gasteiger partial charge on any atom is -0.549 e.